The van der Waals surface area contributed by atoms with Crippen molar-refractivity contribution in [2.75, 3.05) is 33.3 Å². The molecule has 2 aromatic carbocycles. The zero-order chi connectivity index (χ0) is 23.1. The molecule has 1 heterocycles. The minimum atomic E-state index is -3.73. The summed E-state index contributed by atoms with van der Waals surface area (Å²) in [6, 6.07) is 6.20. The van der Waals surface area contributed by atoms with Crippen molar-refractivity contribution in [1.82, 2.24) is 8.61 Å². The van der Waals surface area contributed by atoms with Gasteiger partial charge in [-0.3, -0.25) is 0 Å². The van der Waals surface area contributed by atoms with E-state index in [-0.39, 0.29) is 31.1 Å². The second kappa shape index (κ2) is 8.54. The fourth-order valence-corrected chi connectivity index (χ4v) is 7.43. The third-order valence-corrected chi connectivity index (χ3v) is 10.5. The van der Waals surface area contributed by atoms with Crippen molar-refractivity contribution in [3.05, 3.63) is 52.1 Å². The molecule has 1 fully saturated rings. The molecule has 170 valence electrons. The lowest BCUT2D eigenvalue weighted by Gasteiger charge is -2.34. The second-order valence-electron chi connectivity index (χ2n) is 7.94. The Morgan fingerprint density at radius 2 is 1.03 bits per heavy atom. The first kappa shape index (κ1) is 23.7. The normalized spacial score (nSPS) is 16.5. The van der Waals surface area contributed by atoms with Gasteiger partial charge in [-0.25, -0.2) is 16.8 Å². The first-order valence-corrected chi connectivity index (χ1v) is 13.0. The zero-order valence-electron chi connectivity index (χ0n) is 18.9. The van der Waals surface area contributed by atoms with E-state index in [2.05, 4.69) is 0 Å². The summed E-state index contributed by atoms with van der Waals surface area (Å²) < 4.78 is 60.7. The highest BCUT2D eigenvalue weighted by Crippen LogP contribution is 2.32. The van der Waals surface area contributed by atoms with Gasteiger partial charge in [0.1, 0.15) is 5.75 Å². The molecule has 1 saturated heterocycles. The lowest BCUT2D eigenvalue weighted by Crippen LogP contribution is -2.50. The largest absolute Gasteiger partial charge is 0.497 e. The SMILES string of the molecule is COc1ccc(S(=O)(=O)N2CCN(S(=O)(=O)c3c(C)c(C)c(C)c(C)c3C)CC2)cc1. The summed E-state index contributed by atoms with van der Waals surface area (Å²) in [5, 5.41) is 0. The van der Waals surface area contributed by atoms with Crippen LogP contribution in [-0.4, -0.2) is 58.7 Å². The fourth-order valence-electron chi connectivity index (χ4n) is 4.03. The molecule has 0 unspecified atom stereocenters. The molecule has 1 aliphatic rings. The zero-order valence-corrected chi connectivity index (χ0v) is 20.5. The Morgan fingerprint density at radius 3 is 1.45 bits per heavy atom. The highest BCUT2D eigenvalue weighted by Gasteiger charge is 2.35. The summed E-state index contributed by atoms with van der Waals surface area (Å²) in [5.41, 5.74) is 4.57. The van der Waals surface area contributed by atoms with Crippen molar-refractivity contribution in [3.8, 4) is 5.75 Å². The number of benzene rings is 2. The van der Waals surface area contributed by atoms with Crippen LogP contribution in [0.15, 0.2) is 34.1 Å². The second-order valence-corrected chi connectivity index (χ2v) is 11.8. The van der Waals surface area contributed by atoms with Crippen LogP contribution in [0.5, 0.6) is 5.75 Å². The van der Waals surface area contributed by atoms with Crippen LogP contribution in [0.3, 0.4) is 0 Å². The molecule has 0 saturated carbocycles. The van der Waals surface area contributed by atoms with Gasteiger partial charge in [0.25, 0.3) is 0 Å². The van der Waals surface area contributed by atoms with Crippen LogP contribution in [0, 0.1) is 34.6 Å². The van der Waals surface area contributed by atoms with Gasteiger partial charge < -0.3 is 4.74 Å². The predicted molar refractivity (Wildman–Crippen MR) is 121 cm³/mol. The summed E-state index contributed by atoms with van der Waals surface area (Å²) in [6.45, 7) is 10.0. The van der Waals surface area contributed by atoms with Gasteiger partial charge in [-0.05, 0) is 86.7 Å². The van der Waals surface area contributed by atoms with Crippen LogP contribution < -0.4 is 4.74 Å². The minimum Gasteiger partial charge on any atom is -0.497 e. The summed E-state index contributed by atoms with van der Waals surface area (Å²) in [4.78, 5) is 0.514. The van der Waals surface area contributed by atoms with E-state index < -0.39 is 20.0 Å². The van der Waals surface area contributed by atoms with Gasteiger partial charge in [0.15, 0.2) is 0 Å². The third kappa shape index (κ3) is 4.11. The van der Waals surface area contributed by atoms with Gasteiger partial charge in [-0.1, -0.05) is 0 Å². The quantitative estimate of drug-likeness (QED) is 0.677. The molecule has 0 bridgehead atoms. The van der Waals surface area contributed by atoms with Crippen LogP contribution in [0.4, 0.5) is 0 Å². The van der Waals surface area contributed by atoms with Gasteiger partial charge in [0.2, 0.25) is 20.0 Å². The number of sulfonamides is 2. The Balaban J connectivity index is 1.85. The Kier molecular flexibility index (Phi) is 6.53. The molecule has 3 rings (SSSR count). The van der Waals surface area contributed by atoms with Gasteiger partial charge in [-0.2, -0.15) is 8.61 Å². The van der Waals surface area contributed by atoms with Crippen molar-refractivity contribution in [1.29, 1.82) is 0 Å². The number of piperazine rings is 1. The maximum absolute atomic E-state index is 13.5. The Hall–Kier alpha value is -1.94. The Morgan fingerprint density at radius 1 is 0.645 bits per heavy atom. The van der Waals surface area contributed by atoms with E-state index in [1.165, 1.54) is 27.9 Å². The number of methoxy groups -OCH3 is 1. The van der Waals surface area contributed by atoms with Crippen molar-refractivity contribution in [3.63, 3.8) is 0 Å². The maximum Gasteiger partial charge on any atom is 0.243 e. The van der Waals surface area contributed by atoms with Crippen LogP contribution in [0.1, 0.15) is 27.8 Å². The molecule has 7 nitrogen and oxygen atoms in total. The summed E-state index contributed by atoms with van der Waals surface area (Å²) in [5.74, 6) is 0.573. The lowest BCUT2D eigenvalue weighted by molar-refractivity contribution is 0.272. The average Bonchev–Trinajstić information content (AvgIpc) is 2.76. The number of rotatable bonds is 5. The molecule has 9 heteroatoms. The van der Waals surface area contributed by atoms with Gasteiger partial charge in [0, 0.05) is 26.2 Å². The molecule has 0 aromatic heterocycles. The summed E-state index contributed by atoms with van der Waals surface area (Å²) in [6.07, 6.45) is 0. The molecular formula is C22H30N2O5S2. The van der Waals surface area contributed by atoms with Crippen molar-refractivity contribution >= 4 is 20.0 Å². The maximum atomic E-state index is 13.5. The monoisotopic (exact) mass is 466 g/mol. The molecule has 0 amide bonds. The molecule has 31 heavy (non-hydrogen) atoms. The number of hydrogen-bond donors (Lipinski definition) is 0. The van der Waals surface area contributed by atoms with Gasteiger partial charge in [0.05, 0.1) is 16.9 Å². The minimum absolute atomic E-state index is 0.107. The summed E-state index contributed by atoms with van der Waals surface area (Å²) >= 11 is 0. The van der Waals surface area contributed by atoms with E-state index in [0.717, 1.165) is 27.8 Å². The Labute approximate surface area is 185 Å². The third-order valence-electron chi connectivity index (χ3n) is 6.42. The number of hydrogen-bond acceptors (Lipinski definition) is 5. The van der Waals surface area contributed by atoms with E-state index in [9.17, 15) is 16.8 Å². The molecule has 2 aromatic rings. The standard InChI is InChI=1S/C22H30N2O5S2/c1-15-16(2)18(4)22(19(5)17(15)3)31(27,28)24-13-11-23(12-14-24)30(25,26)21-9-7-20(29-6)8-10-21/h7-10H,11-14H2,1-6H3. The smallest absolute Gasteiger partial charge is 0.243 e. The summed E-state index contributed by atoms with van der Waals surface area (Å²) in [7, 11) is -5.91. The Bertz CT molecular complexity index is 1170. The molecule has 0 atom stereocenters. The van der Waals surface area contributed by atoms with E-state index in [0.29, 0.717) is 10.6 Å². The van der Waals surface area contributed by atoms with Crippen LogP contribution in [0.25, 0.3) is 0 Å². The van der Waals surface area contributed by atoms with Crippen LogP contribution >= 0.6 is 0 Å². The lowest BCUT2D eigenvalue weighted by atomic mass is 9.95. The van der Waals surface area contributed by atoms with Crippen molar-refractivity contribution < 1.29 is 21.6 Å². The van der Waals surface area contributed by atoms with Crippen molar-refractivity contribution in [2.45, 2.75) is 44.4 Å². The average molecular weight is 467 g/mol. The van der Waals surface area contributed by atoms with Crippen molar-refractivity contribution in [2.24, 2.45) is 0 Å². The van der Waals surface area contributed by atoms with Crippen LogP contribution in [0.2, 0.25) is 0 Å². The predicted octanol–water partition coefficient (Wildman–Crippen LogP) is 2.93. The molecule has 0 N–H and O–H groups in total. The molecule has 1 aliphatic heterocycles. The number of nitrogens with zero attached hydrogens (tertiary/aromatic N) is 2. The van der Waals surface area contributed by atoms with Gasteiger partial charge in [-0.15, -0.1) is 0 Å². The van der Waals surface area contributed by atoms with Crippen LogP contribution in [-0.2, 0) is 20.0 Å². The first-order chi connectivity index (χ1) is 14.4. The van der Waals surface area contributed by atoms with E-state index in [1.54, 1.807) is 12.1 Å². The highest BCUT2D eigenvalue weighted by molar-refractivity contribution is 7.89. The van der Waals surface area contributed by atoms with E-state index >= 15 is 0 Å². The molecule has 0 spiro atoms. The molecule has 0 radical (unpaired) electrons. The number of ether oxygens (including phenoxy) is 1. The topological polar surface area (TPSA) is 84.0 Å². The fraction of sp³-hybridized carbons (Fsp3) is 0.455. The first-order valence-electron chi connectivity index (χ1n) is 10.1. The van der Waals surface area contributed by atoms with Gasteiger partial charge >= 0.3 is 0 Å². The van der Waals surface area contributed by atoms with E-state index in [1.807, 2.05) is 34.6 Å². The van der Waals surface area contributed by atoms with E-state index in [4.69, 9.17) is 4.74 Å². The highest BCUT2D eigenvalue weighted by atomic mass is 32.2. The molecule has 0 aliphatic carbocycles. The molecular weight excluding hydrogens is 436 g/mol.